The number of thiophene rings is 1. The average Bonchev–Trinajstić information content (AvgIpc) is 3.93. The number of fused-ring (bicyclic) bond motifs is 10. The molecule has 0 fully saturated rings. The molecule has 12 rings (SSSR count). The van der Waals surface area contributed by atoms with Gasteiger partial charge in [0.25, 0.3) is 0 Å². The number of nitrogens with one attached hydrogen (secondary N) is 1. The van der Waals surface area contributed by atoms with E-state index >= 15 is 0 Å². The van der Waals surface area contributed by atoms with Crippen molar-refractivity contribution in [1.82, 2.24) is 14.5 Å². The van der Waals surface area contributed by atoms with Gasteiger partial charge in [0.2, 0.25) is 0 Å². The number of para-hydroxylation sites is 2. The molecule has 268 valence electrons. The van der Waals surface area contributed by atoms with E-state index in [1.165, 1.54) is 86.0 Å². The van der Waals surface area contributed by atoms with E-state index in [-0.39, 0.29) is 6.04 Å². The molecule has 0 bridgehead atoms. The maximum Gasteiger partial charge on any atom is 0.0707 e. The van der Waals surface area contributed by atoms with Crippen molar-refractivity contribution >= 4 is 86.4 Å². The fourth-order valence-electron chi connectivity index (χ4n) is 9.16. The first-order valence-electron chi connectivity index (χ1n) is 19.6. The molecule has 4 heterocycles. The van der Waals surface area contributed by atoms with Gasteiger partial charge in [0.15, 0.2) is 0 Å². The van der Waals surface area contributed by atoms with Crippen LogP contribution in [0.3, 0.4) is 0 Å². The summed E-state index contributed by atoms with van der Waals surface area (Å²) < 4.78 is 7.60. The summed E-state index contributed by atoms with van der Waals surface area (Å²) in [6.07, 6.45) is 4.67. The summed E-state index contributed by atoms with van der Waals surface area (Å²) in [5, 5.41) is 11.5. The smallest absolute Gasteiger partial charge is 0.0707 e. The molecular weight excluding hydrogens is 711 g/mol. The number of dihydropyridines is 1. The number of hydrogen-bond donors (Lipinski definition) is 1. The Morgan fingerprint density at radius 3 is 1.95 bits per heavy atom. The van der Waals surface area contributed by atoms with Crippen LogP contribution in [0.2, 0.25) is 0 Å². The molecule has 0 spiro atoms. The molecule has 57 heavy (non-hydrogen) atoms. The number of benzene rings is 8. The molecule has 4 heteroatoms. The first-order chi connectivity index (χ1) is 28.3. The average molecular weight is 746 g/mol. The Morgan fingerprint density at radius 1 is 0.439 bits per heavy atom. The normalized spacial score (nSPS) is 14.5. The largest absolute Gasteiger partial charge is 0.374 e. The number of allylic oxidation sites excluding steroid dienone is 2. The van der Waals surface area contributed by atoms with Crippen LogP contribution in [0.25, 0.3) is 86.4 Å². The van der Waals surface area contributed by atoms with Crippen LogP contribution in [0.4, 0.5) is 0 Å². The zero-order chi connectivity index (χ0) is 37.5. The molecule has 3 aromatic heterocycles. The number of aromatic nitrogens is 2. The van der Waals surface area contributed by atoms with Gasteiger partial charge in [-0.25, -0.2) is 0 Å². The van der Waals surface area contributed by atoms with Gasteiger partial charge >= 0.3 is 0 Å². The second-order valence-electron chi connectivity index (χ2n) is 15.0. The lowest BCUT2D eigenvalue weighted by Gasteiger charge is -2.26. The summed E-state index contributed by atoms with van der Waals surface area (Å²) in [6.45, 7) is 0. The second kappa shape index (κ2) is 12.7. The molecule has 8 aromatic carbocycles. The third-order valence-corrected chi connectivity index (χ3v) is 12.8. The van der Waals surface area contributed by atoms with Crippen molar-refractivity contribution in [3.8, 4) is 11.4 Å². The van der Waals surface area contributed by atoms with Crippen molar-refractivity contribution in [3.05, 3.63) is 217 Å². The maximum absolute atomic E-state index is 3.82. The van der Waals surface area contributed by atoms with Crippen LogP contribution in [0, 0.1) is 0 Å². The third-order valence-electron chi connectivity index (χ3n) is 11.7. The minimum Gasteiger partial charge on any atom is -0.374 e. The van der Waals surface area contributed by atoms with Gasteiger partial charge in [0.1, 0.15) is 0 Å². The lowest BCUT2D eigenvalue weighted by molar-refractivity contribution is 0.767. The summed E-state index contributed by atoms with van der Waals surface area (Å²) in [5.41, 5.74) is 13.1. The maximum atomic E-state index is 3.82. The van der Waals surface area contributed by atoms with Crippen molar-refractivity contribution in [2.24, 2.45) is 0 Å². The van der Waals surface area contributed by atoms with Crippen molar-refractivity contribution < 1.29 is 0 Å². The molecule has 1 aliphatic rings. The zero-order valence-corrected chi connectivity index (χ0v) is 31.7. The van der Waals surface area contributed by atoms with E-state index < -0.39 is 0 Å². The summed E-state index contributed by atoms with van der Waals surface area (Å²) in [6, 6.07) is 68.6. The third kappa shape index (κ3) is 5.04. The van der Waals surface area contributed by atoms with Crippen molar-refractivity contribution in [1.29, 1.82) is 0 Å². The van der Waals surface area contributed by atoms with Gasteiger partial charge in [-0.3, -0.25) is 0 Å². The summed E-state index contributed by atoms with van der Waals surface area (Å²) >= 11 is 1.88. The molecule has 11 aromatic rings. The van der Waals surface area contributed by atoms with Crippen molar-refractivity contribution in [2.45, 2.75) is 6.04 Å². The van der Waals surface area contributed by atoms with Crippen LogP contribution >= 0.6 is 11.3 Å². The van der Waals surface area contributed by atoms with E-state index in [0.717, 1.165) is 17.1 Å². The number of hydrogen-bond acceptors (Lipinski definition) is 2. The summed E-state index contributed by atoms with van der Waals surface area (Å²) in [5.74, 6) is 0. The number of rotatable bonds is 5. The predicted octanol–water partition coefficient (Wildman–Crippen LogP) is 14.0. The lowest BCUT2D eigenvalue weighted by atomic mass is 9.93. The quantitative estimate of drug-likeness (QED) is 0.186. The van der Waals surface area contributed by atoms with Crippen LogP contribution in [0.15, 0.2) is 200 Å². The van der Waals surface area contributed by atoms with Crippen molar-refractivity contribution in [3.63, 3.8) is 0 Å². The molecule has 1 N–H and O–H groups in total. The molecule has 3 nitrogen and oxygen atoms in total. The van der Waals surface area contributed by atoms with E-state index in [4.69, 9.17) is 0 Å². The number of nitrogens with zero attached hydrogens (tertiary/aromatic N) is 2. The van der Waals surface area contributed by atoms with Crippen LogP contribution in [0.1, 0.15) is 22.7 Å². The Morgan fingerprint density at radius 2 is 1.11 bits per heavy atom. The molecule has 1 atom stereocenters. The topological polar surface area (TPSA) is 21.9 Å². The fourth-order valence-corrected chi connectivity index (χ4v) is 10.3. The highest BCUT2D eigenvalue weighted by atomic mass is 32.1. The fraction of sp³-hybridized carbons (Fsp3) is 0.0189. The Kier molecular flexibility index (Phi) is 7.16. The van der Waals surface area contributed by atoms with E-state index in [1.807, 2.05) is 11.3 Å². The molecule has 0 amide bonds. The van der Waals surface area contributed by atoms with Crippen molar-refractivity contribution in [2.75, 3.05) is 0 Å². The molecule has 0 saturated heterocycles. The summed E-state index contributed by atoms with van der Waals surface area (Å²) in [4.78, 5) is 0. The van der Waals surface area contributed by atoms with Gasteiger partial charge in [-0.15, -0.1) is 11.3 Å². The molecule has 0 radical (unpaired) electrons. The van der Waals surface area contributed by atoms with E-state index in [2.05, 4.69) is 215 Å². The van der Waals surface area contributed by atoms with Gasteiger partial charge < -0.3 is 14.5 Å². The van der Waals surface area contributed by atoms with Crippen LogP contribution < -0.4 is 5.32 Å². The van der Waals surface area contributed by atoms with Gasteiger partial charge in [-0.1, -0.05) is 133 Å². The first kappa shape index (κ1) is 32.1. The van der Waals surface area contributed by atoms with Crippen LogP contribution in [0.5, 0.6) is 0 Å². The highest BCUT2D eigenvalue weighted by molar-refractivity contribution is 7.26. The van der Waals surface area contributed by atoms with E-state index in [1.54, 1.807) is 0 Å². The summed E-state index contributed by atoms with van der Waals surface area (Å²) in [7, 11) is 0. The predicted molar refractivity (Wildman–Crippen MR) is 243 cm³/mol. The Labute approximate surface area is 333 Å². The highest BCUT2D eigenvalue weighted by Crippen LogP contribution is 2.45. The van der Waals surface area contributed by atoms with Crippen LogP contribution in [-0.2, 0) is 0 Å². The zero-order valence-electron chi connectivity index (χ0n) is 30.9. The highest BCUT2D eigenvalue weighted by Gasteiger charge is 2.23. The van der Waals surface area contributed by atoms with Gasteiger partial charge in [0.05, 0.1) is 28.1 Å². The lowest BCUT2D eigenvalue weighted by Crippen LogP contribution is -2.21. The van der Waals surface area contributed by atoms with Gasteiger partial charge in [-0.05, 0) is 89.0 Å². The Balaban J connectivity index is 1.12. The molecule has 0 aliphatic carbocycles. The molecular formula is C53H35N3S. The second-order valence-corrected chi connectivity index (χ2v) is 16.1. The van der Waals surface area contributed by atoms with E-state index in [0.29, 0.717) is 0 Å². The molecule has 1 aliphatic heterocycles. The van der Waals surface area contributed by atoms with E-state index in [9.17, 15) is 0 Å². The minimum atomic E-state index is 0.0401. The SMILES string of the molecule is C1=C(c2cccc(-n3c4ccccc4c4cc5c6ccc7sc8ccccc8c7c6n(-c6ccccc6)c5cc43)c2)C=C(c2ccccc2)NC1c1ccccc1. The standard InChI is InChI=1S/C53H35N3S/c1-4-15-34(16-5-1)45-30-37(31-46(54-45)35-17-6-2-7-18-35)36-19-14-22-39(29-36)55-47-25-12-10-23-40(47)43-32-44-41-27-28-51-52(42-24-11-13-26-50(42)57-51)53(41)56(49(44)33-48(43)55)38-20-8-3-9-21-38/h1-33,45,54H. The minimum absolute atomic E-state index is 0.0401. The monoisotopic (exact) mass is 745 g/mol. The molecule has 1 unspecified atom stereocenters. The van der Waals surface area contributed by atoms with Gasteiger partial charge in [-0.2, -0.15) is 0 Å². The molecule has 0 saturated carbocycles. The Hall–Kier alpha value is -7.14. The Bertz CT molecular complexity index is 3420. The van der Waals surface area contributed by atoms with Gasteiger partial charge in [0, 0.05) is 58.8 Å². The first-order valence-corrected chi connectivity index (χ1v) is 20.4. The van der Waals surface area contributed by atoms with Crippen LogP contribution in [-0.4, -0.2) is 9.13 Å².